The predicted molar refractivity (Wildman–Crippen MR) is 123 cm³/mol. The summed E-state index contributed by atoms with van der Waals surface area (Å²) in [6.07, 6.45) is 5.36. The lowest BCUT2D eigenvalue weighted by atomic mass is 9.76. The van der Waals surface area contributed by atoms with E-state index in [1.807, 2.05) is 13.8 Å². The Morgan fingerprint density at radius 1 is 1.32 bits per heavy atom. The number of aliphatic carboxylic acids is 1. The summed E-state index contributed by atoms with van der Waals surface area (Å²) in [7, 11) is 0. The molecule has 1 saturated heterocycles. The van der Waals surface area contributed by atoms with Crippen molar-refractivity contribution < 1.29 is 24.1 Å². The van der Waals surface area contributed by atoms with Crippen LogP contribution in [0.2, 0.25) is 0 Å². The number of ether oxygens (including phenoxy) is 3. The van der Waals surface area contributed by atoms with Gasteiger partial charge in [0.05, 0.1) is 0 Å². The van der Waals surface area contributed by atoms with Gasteiger partial charge >= 0.3 is 5.97 Å². The Bertz CT molecular complexity index is 1120. The number of hydrogen-bond acceptors (Lipinski definition) is 9. The fraction of sp³-hybridized carbons (Fsp3) is 0.652. The smallest absolute Gasteiger partial charge is 0.303 e. The minimum Gasteiger partial charge on any atom is -0.481 e. The van der Waals surface area contributed by atoms with Crippen LogP contribution >= 0.6 is 0 Å². The summed E-state index contributed by atoms with van der Waals surface area (Å²) in [5.74, 6) is 0.399. The zero-order valence-electron chi connectivity index (χ0n) is 20.0. The highest BCUT2D eigenvalue weighted by molar-refractivity contribution is 5.83. The van der Waals surface area contributed by atoms with Crippen LogP contribution in [-0.4, -0.2) is 72.1 Å². The van der Waals surface area contributed by atoms with Gasteiger partial charge in [-0.15, -0.1) is 0 Å². The number of nitrogens with zero attached hydrogens (tertiary/aromatic N) is 5. The number of nitrogens with two attached hydrogens (primary N) is 1. The Labute approximate surface area is 197 Å². The molecule has 184 valence electrons. The number of fused-ring (bicyclic) bond motifs is 2. The lowest BCUT2D eigenvalue weighted by Gasteiger charge is -2.46. The summed E-state index contributed by atoms with van der Waals surface area (Å²) >= 11 is 0. The normalized spacial score (nSPS) is 27.7. The maximum absolute atomic E-state index is 10.9. The topological polar surface area (TPSA) is 138 Å². The second-order valence-electron chi connectivity index (χ2n) is 10.1. The zero-order valence-corrected chi connectivity index (χ0v) is 20.0. The number of carboxylic acids is 1. The van der Waals surface area contributed by atoms with Gasteiger partial charge in [-0.3, -0.25) is 9.69 Å². The van der Waals surface area contributed by atoms with Crippen LogP contribution in [0.5, 0.6) is 0 Å². The highest BCUT2D eigenvalue weighted by Gasteiger charge is 2.52. The Balaban J connectivity index is 1.36. The van der Waals surface area contributed by atoms with Crippen molar-refractivity contribution in [2.24, 2.45) is 5.92 Å². The maximum Gasteiger partial charge on any atom is 0.303 e. The molecule has 1 aliphatic carbocycles. The molecule has 34 heavy (non-hydrogen) atoms. The Morgan fingerprint density at radius 3 is 2.79 bits per heavy atom. The molecule has 11 heteroatoms. The van der Waals surface area contributed by atoms with E-state index in [2.05, 4.69) is 33.7 Å². The summed E-state index contributed by atoms with van der Waals surface area (Å²) in [5, 5.41) is 8.97. The number of anilines is 1. The Kier molecular flexibility index (Phi) is 5.64. The first kappa shape index (κ1) is 22.9. The van der Waals surface area contributed by atoms with Gasteiger partial charge in [0, 0.05) is 38.9 Å². The first-order chi connectivity index (χ1) is 16.1. The zero-order chi connectivity index (χ0) is 24.2. The van der Waals surface area contributed by atoms with Crippen LogP contribution in [0.3, 0.4) is 0 Å². The molecule has 5 rings (SSSR count). The molecule has 0 spiro atoms. The SMILES string of the molecule is CC(C)N(C[C@H]1OC(n2cnc3c(N)ncnc32)=C2OC(C)(C)O[C@@H]21)C1CC(CCC(=O)O)C1. The molecule has 0 unspecified atom stereocenters. The van der Waals surface area contributed by atoms with E-state index in [1.54, 1.807) is 10.9 Å². The second kappa shape index (κ2) is 8.38. The van der Waals surface area contributed by atoms with E-state index in [-0.39, 0.29) is 18.6 Å². The summed E-state index contributed by atoms with van der Waals surface area (Å²) < 4.78 is 20.6. The van der Waals surface area contributed by atoms with Crippen molar-refractivity contribution in [2.75, 3.05) is 12.3 Å². The lowest BCUT2D eigenvalue weighted by molar-refractivity contribution is -0.155. The molecule has 4 heterocycles. The monoisotopic (exact) mass is 472 g/mol. The predicted octanol–water partition coefficient (Wildman–Crippen LogP) is 2.44. The van der Waals surface area contributed by atoms with Crippen molar-refractivity contribution in [1.29, 1.82) is 0 Å². The van der Waals surface area contributed by atoms with E-state index < -0.39 is 11.8 Å². The largest absolute Gasteiger partial charge is 0.481 e. The molecule has 11 nitrogen and oxygen atoms in total. The third kappa shape index (κ3) is 4.07. The van der Waals surface area contributed by atoms with Crippen LogP contribution in [0.15, 0.2) is 18.4 Å². The van der Waals surface area contributed by atoms with Crippen LogP contribution in [0.4, 0.5) is 5.82 Å². The van der Waals surface area contributed by atoms with Gasteiger partial charge in [0.25, 0.3) is 0 Å². The van der Waals surface area contributed by atoms with Crippen molar-refractivity contribution in [1.82, 2.24) is 24.4 Å². The number of hydrogen-bond donors (Lipinski definition) is 2. The minimum atomic E-state index is -0.779. The average Bonchev–Trinajstić information content (AvgIpc) is 3.37. The number of imidazole rings is 1. The summed E-state index contributed by atoms with van der Waals surface area (Å²) in [6, 6.07) is 0.699. The van der Waals surface area contributed by atoms with Crippen LogP contribution < -0.4 is 5.73 Å². The van der Waals surface area contributed by atoms with Crippen LogP contribution in [0.25, 0.3) is 17.0 Å². The average molecular weight is 473 g/mol. The molecular weight excluding hydrogens is 440 g/mol. The van der Waals surface area contributed by atoms with Crippen molar-refractivity contribution >= 4 is 28.8 Å². The van der Waals surface area contributed by atoms with Crippen LogP contribution in [-0.2, 0) is 19.0 Å². The van der Waals surface area contributed by atoms with Gasteiger partial charge in [-0.1, -0.05) is 0 Å². The highest BCUT2D eigenvalue weighted by atomic mass is 16.8. The number of carboxylic acid groups (broad SMARTS) is 1. The fourth-order valence-corrected chi connectivity index (χ4v) is 5.21. The summed E-state index contributed by atoms with van der Waals surface area (Å²) in [6.45, 7) is 8.78. The molecule has 3 aliphatic rings. The van der Waals surface area contributed by atoms with E-state index in [4.69, 9.17) is 25.1 Å². The standard InChI is InChI=1S/C23H32N6O5/c1-12(2)28(14-7-13(8-14)5-6-16(30)31)9-15-18-19(34-23(3,4)33-18)22(32-15)29-11-27-17-20(24)25-10-26-21(17)29/h10-15,18H,5-9H2,1-4H3,(H,30,31)(H2,24,25,26)/t13?,14?,15-,18-/m1/s1. The number of aromatic nitrogens is 4. The van der Waals surface area contributed by atoms with Crippen molar-refractivity contribution in [3.05, 3.63) is 18.4 Å². The second-order valence-corrected chi connectivity index (χ2v) is 10.1. The molecule has 0 amide bonds. The van der Waals surface area contributed by atoms with Gasteiger partial charge in [-0.25, -0.2) is 19.5 Å². The van der Waals surface area contributed by atoms with Gasteiger partial charge in [0.15, 0.2) is 28.8 Å². The summed E-state index contributed by atoms with van der Waals surface area (Å²) in [5.41, 5.74) is 7.02. The molecule has 2 atom stereocenters. The van der Waals surface area contributed by atoms with Gasteiger partial charge < -0.3 is 25.1 Å². The first-order valence-electron chi connectivity index (χ1n) is 11.8. The van der Waals surface area contributed by atoms with E-state index >= 15 is 0 Å². The maximum atomic E-state index is 10.9. The molecule has 0 bridgehead atoms. The number of rotatable bonds is 8. The molecule has 2 aromatic rings. The quantitative estimate of drug-likeness (QED) is 0.589. The number of nitrogen functional groups attached to an aromatic ring is 1. The molecule has 3 N–H and O–H groups in total. The van der Waals surface area contributed by atoms with Crippen LogP contribution in [0, 0.1) is 5.92 Å². The van der Waals surface area contributed by atoms with E-state index in [1.165, 1.54) is 6.33 Å². The molecule has 2 fully saturated rings. The highest BCUT2D eigenvalue weighted by Crippen LogP contribution is 2.44. The Hall–Kier alpha value is -2.92. The van der Waals surface area contributed by atoms with Crippen molar-refractivity contribution in [2.45, 2.75) is 83.5 Å². The van der Waals surface area contributed by atoms with E-state index in [9.17, 15) is 4.79 Å². The Morgan fingerprint density at radius 2 is 2.09 bits per heavy atom. The van der Waals surface area contributed by atoms with Crippen molar-refractivity contribution in [3.8, 4) is 0 Å². The van der Waals surface area contributed by atoms with Gasteiger partial charge in [-0.05, 0) is 39.0 Å². The van der Waals surface area contributed by atoms with E-state index in [0.717, 1.165) is 19.3 Å². The lowest BCUT2D eigenvalue weighted by Crippen LogP contribution is -2.52. The third-order valence-corrected chi connectivity index (χ3v) is 6.92. The molecule has 0 radical (unpaired) electrons. The van der Waals surface area contributed by atoms with E-state index in [0.29, 0.717) is 53.2 Å². The molecule has 0 aromatic carbocycles. The summed E-state index contributed by atoms with van der Waals surface area (Å²) in [4.78, 5) is 26.1. The van der Waals surface area contributed by atoms with Crippen LogP contribution in [0.1, 0.15) is 53.4 Å². The minimum absolute atomic E-state index is 0.233. The van der Waals surface area contributed by atoms with Gasteiger partial charge in [0.1, 0.15) is 18.8 Å². The van der Waals surface area contributed by atoms with Crippen molar-refractivity contribution in [3.63, 3.8) is 0 Å². The molecule has 2 aromatic heterocycles. The molecular formula is C23H32N6O5. The third-order valence-electron chi connectivity index (χ3n) is 6.92. The first-order valence-corrected chi connectivity index (χ1v) is 11.8. The molecule has 1 saturated carbocycles. The molecule has 2 aliphatic heterocycles. The number of carbonyl (C=O) groups is 1. The fourth-order valence-electron chi connectivity index (χ4n) is 5.21. The van der Waals surface area contributed by atoms with Gasteiger partial charge in [-0.2, -0.15) is 0 Å². The van der Waals surface area contributed by atoms with Gasteiger partial charge in [0.2, 0.25) is 11.7 Å².